The van der Waals surface area contributed by atoms with Gasteiger partial charge in [-0.3, -0.25) is 0 Å². The Morgan fingerprint density at radius 3 is 2.02 bits per heavy atom. The van der Waals surface area contributed by atoms with Gasteiger partial charge < -0.3 is 4.57 Å². The predicted octanol–water partition coefficient (Wildman–Crippen LogP) is 14.9. The second-order valence-corrected chi connectivity index (χ2v) is 16.6. The molecule has 0 N–H and O–H groups in total. The number of fused-ring (bicyclic) bond motifs is 9. The third kappa shape index (κ3) is 5.36. The van der Waals surface area contributed by atoms with Crippen LogP contribution in [0.25, 0.3) is 105 Å². The summed E-state index contributed by atoms with van der Waals surface area (Å²) in [5.41, 5.74) is 16.6. The zero-order valence-electron chi connectivity index (χ0n) is 33.4. The predicted molar refractivity (Wildman–Crippen MR) is 251 cm³/mol. The smallest absolute Gasteiger partial charge is 0.159 e. The van der Waals surface area contributed by atoms with E-state index in [-0.39, 0.29) is 5.41 Å². The van der Waals surface area contributed by atoms with Crippen LogP contribution in [0.15, 0.2) is 200 Å². The second-order valence-electron chi connectivity index (χ2n) is 16.6. The van der Waals surface area contributed by atoms with Crippen LogP contribution in [0.2, 0.25) is 0 Å². The molecule has 0 aliphatic heterocycles. The van der Waals surface area contributed by atoms with Gasteiger partial charge in [-0.05, 0) is 115 Å². The molecule has 0 atom stereocenters. The quantitative estimate of drug-likeness (QED) is 0.163. The maximum Gasteiger partial charge on any atom is 0.159 e. The molecule has 3 heteroatoms. The Bertz CT molecular complexity index is 3520. The van der Waals surface area contributed by atoms with Crippen molar-refractivity contribution in [3.05, 3.63) is 211 Å². The maximum atomic E-state index is 4.98. The average Bonchev–Trinajstić information content (AvgIpc) is 3.76. The van der Waals surface area contributed by atoms with E-state index < -0.39 is 0 Å². The van der Waals surface area contributed by atoms with Crippen molar-refractivity contribution >= 4 is 43.4 Å². The van der Waals surface area contributed by atoms with Crippen molar-refractivity contribution in [3.63, 3.8) is 0 Å². The first-order chi connectivity index (χ1) is 29.5. The van der Waals surface area contributed by atoms with Crippen LogP contribution in [0, 0.1) is 0 Å². The van der Waals surface area contributed by atoms with Gasteiger partial charge in [0, 0.05) is 39.2 Å². The molecular formula is C57H39N3. The highest BCUT2D eigenvalue weighted by Crippen LogP contribution is 2.50. The number of hydrogen-bond acceptors (Lipinski definition) is 2. The van der Waals surface area contributed by atoms with Crippen LogP contribution < -0.4 is 0 Å². The minimum atomic E-state index is -0.0234. The second kappa shape index (κ2) is 13.2. The summed E-state index contributed by atoms with van der Waals surface area (Å²) in [6, 6.07) is 70.8. The number of rotatable bonds is 5. The molecule has 2 aromatic heterocycles. The highest BCUT2D eigenvalue weighted by Gasteiger charge is 2.35. The van der Waals surface area contributed by atoms with Crippen molar-refractivity contribution in [2.75, 3.05) is 0 Å². The molecule has 0 spiro atoms. The van der Waals surface area contributed by atoms with E-state index in [2.05, 4.69) is 188 Å². The largest absolute Gasteiger partial charge is 0.309 e. The number of benzene rings is 9. The normalized spacial score (nSPS) is 13.0. The van der Waals surface area contributed by atoms with Gasteiger partial charge in [-0.15, -0.1) is 0 Å². The Labute approximate surface area is 348 Å². The molecule has 12 rings (SSSR count). The lowest BCUT2D eigenvalue weighted by atomic mass is 9.82. The molecule has 0 amide bonds. The zero-order chi connectivity index (χ0) is 40.0. The summed E-state index contributed by atoms with van der Waals surface area (Å²) in [4.78, 5) is 9.68. The lowest BCUT2D eigenvalue weighted by Gasteiger charge is -2.21. The van der Waals surface area contributed by atoms with Crippen molar-refractivity contribution in [1.29, 1.82) is 0 Å². The van der Waals surface area contributed by atoms with Crippen molar-refractivity contribution in [3.8, 4) is 61.7 Å². The average molecular weight is 766 g/mol. The zero-order valence-corrected chi connectivity index (χ0v) is 33.4. The number of aromatic nitrogens is 3. The van der Waals surface area contributed by atoms with Gasteiger partial charge in [-0.2, -0.15) is 0 Å². The third-order valence-corrected chi connectivity index (χ3v) is 12.8. The first-order valence-electron chi connectivity index (χ1n) is 20.7. The molecular weight excluding hydrogens is 727 g/mol. The molecule has 0 radical (unpaired) electrons. The number of hydrogen-bond donors (Lipinski definition) is 0. The van der Waals surface area contributed by atoms with E-state index >= 15 is 0 Å². The van der Waals surface area contributed by atoms with Gasteiger partial charge in [-0.25, -0.2) is 9.97 Å². The molecule has 0 unspecified atom stereocenters. The van der Waals surface area contributed by atoms with E-state index in [1.165, 1.54) is 71.2 Å². The number of nitrogens with zero attached hydrogens (tertiary/aromatic N) is 3. The van der Waals surface area contributed by atoms with Crippen molar-refractivity contribution in [2.24, 2.45) is 0 Å². The molecule has 1 aliphatic carbocycles. The molecule has 2 heterocycles. The summed E-state index contributed by atoms with van der Waals surface area (Å²) < 4.78 is 2.45. The van der Waals surface area contributed by atoms with Crippen LogP contribution in [-0.4, -0.2) is 14.5 Å². The topological polar surface area (TPSA) is 30.7 Å². The summed E-state index contributed by atoms with van der Waals surface area (Å²) in [6.45, 7) is 4.69. The highest BCUT2D eigenvalue weighted by atomic mass is 15.0. The van der Waals surface area contributed by atoms with Gasteiger partial charge in [0.15, 0.2) is 5.82 Å². The molecule has 3 nitrogen and oxygen atoms in total. The lowest BCUT2D eigenvalue weighted by Crippen LogP contribution is -2.14. The van der Waals surface area contributed by atoms with E-state index in [0.29, 0.717) is 5.82 Å². The van der Waals surface area contributed by atoms with Crippen LogP contribution in [0.1, 0.15) is 25.0 Å². The van der Waals surface area contributed by atoms with Crippen molar-refractivity contribution < 1.29 is 0 Å². The Hall–Kier alpha value is -7.62. The SMILES string of the molecule is CC1(C)c2ccccc2-c2cc(-c3ccc4c(c3)c3ccc(-c5cccc(-c6nccc(-c7ccccc7)n6)c5)cc3n4-c3ccc4c(ccc5ccccc54)c3)ccc21. The lowest BCUT2D eigenvalue weighted by molar-refractivity contribution is 0.660. The highest BCUT2D eigenvalue weighted by molar-refractivity contribution is 6.13. The first kappa shape index (κ1) is 34.4. The molecule has 0 fully saturated rings. The van der Waals surface area contributed by atoms with Crippen LogP contribution in [-0.2, 0) is 5.41 Å². The maximum absolute atomic E-state index is 4.98. The van der Waals surface area contributed by atoms with Gasteiger partial charge in [0.25, 0.3) is 0 Å². The Kier molecular flexibility index (Phi) is 7.58. The van der Waals surface area contributed by atoms with Crippen LogP contribution in [0.3, 0.4) is 0 Å². The first-order valence-corrected chi connectivity index (χ1v) is 20.7. The van der Waals surface area contributed by atoms with Gasteiger partial charge in [0.2, 0.25) is 0 Å². The summed E-state index contributed by atoms with van der Waals surface area (Å²) in [5, 5.41) is 7.46. The summed E-state index contributed by atoms with van der Waals surface area (Å²) in [6.07, 6.45) is 1.85. The Morgan fingerprint density at radius 1 is 0.400 bits per heavy atom. The fraction of sp³-hybridized carbons (Fsp3) is 0.0526. The minimum Gasteiger partial charge on any atom is -0.309 e. The van der Waals surface area contributed by atoms with Gasteiger partial charge >= 0.3 is 0 Å². The summed E-state index contributed by atoms with van der Waals surface area (Å²) >= 11 is 0. The fourth-order valence-corrected chi connectivity index (χ4v) is 9.80. The van der Waals surface area contributed by atoms with Gasteiger partial charge in [0.05, 0.1) is 16.7 Å². The Balaban J connectivity index is 1.03. The Morgan fingerprint density at radius 2 is 1.08 bits per heavy atom. The van der Waals surface area contributed by atoms with E-state index in [0.717, 1.165) is 39.2 Å². The molecule has 60 heavy (non-hydrogen) atoms. The van der Waals surface area contributed by atoms with Crippen LogP contribution in [0.4, 0.5) is 0 Å². The molecule has 0 saturated heterocycles. The van der Waals surface area contributed by atoms with E-state index in [1.807, 2.05) is 30.5 Å². The van der Waals surface area contributed by atoms with E-state index in [9.17, 15) is 0 Å². The van der Waals surface area contributed by atoms with E-state index in [4.69, 9.17) is 9.97 Å². The fourth-order valence-electron chi connectivity index (χ4n) is 9.80. The standard InChI is InChI=1S/C57H39N3/c1-57(2)51-18-9-8-17-47(51)49-33-39(22-27-52(49)57)40-23-28-54-50(34-40)48-25-21-41(38-14-10-15-43(31-38)56-58-30-29-53(59-56)37-12-4-3-5-13-37)35-55(48)60(54)44-24-26-46-42(32-44)20-19-36-11-6-7-16-45(36)46/h3-35H,1-2H3. The summed E-state index contributed by atoms with van der Waals surface area (Å²) in [7, 11) is 0. The monoisotopic (exact) mass is 765 g/mol. The molecule has 1 aliphatic rings. The van der Waals surface area contributed by atoms with Crippen molar-refractivity contribution in [2.45, 2.75) is 19.3 Å². The molecule has 0 saturated carbocycles. The van der Waals surface area contributed by atoms with Crippen LogP contribution >= 0.6 is 0 Å². The van der Waals surface area contributed by atoms with Gasteiger partial charge in [-0.1, -0.05) is 159 Å². The van der Waals surface area contributed by atoms with E-state index in [1.54, 1.807) is 0 Å². The van der Waals surface area contributed by atoms with Gasteiger partial charge in [0.1, 0.15) is 0 Å². The molecule has 9 aromatic carbocycles. The van der Waals surface area contributed by atoms with Crippen molar-refractivity contribution in [1.82, 2.24) is 14.5 Å². The summed E-state index contributed by atoms with van der Waals surface area (Å²) in [5.74, 6) is 0.711. The third-order valence-electron chi connectivity index (χ3n) is 12.8. The molecule has 0 bridgehead atoms. The molecule has 11 aromatic rings. The molecule has 282 valence electrons. The minimum absolute atomic E-state index is 0.0234. The van der Waals surface area contributed by atoms with Crippen LogP contribution in [0.5, 0.6) is 0 Å².